The van der Waals surface area contributed by atoms with Gasteiger partial charge in [-0.1, -0.05) is 31.2 Å². The van der Waals surface area contributed by atoms with Crippen molar-refractivity contribution < 1.29 is 4.79 Å². The molecule has 3 rings (SSSR count). The molecule has 2 aliphatic rings. The minimum Gasteiger partial charge on any atom is -0.320 e. The van der Waals surface area contributed by atoms with Crippen LogP contribution in [0, 0.1) is 0 Å². The van der Waals surface area contributed by atoms with Gasteiger partial charge in [0, 0.05) is 13.0 Å². The predicted octanol–water partition coefficient (Wildman–Crippen LogP) is 2.02. The second-order valence-electron chi connectivity index (χ2n) is 5.24. The van der Waals surface area contributed by atoms with Crippen molar-refractivity contribution in [3.05, 3.63) is 35.4 Å². The summed E-state index contributed by atoms with van der Waals surface area (Å²) in [6.45, 7) is 4.05. The monoisotopic (exact) mass is 244 g/mol. The Morgan fingerprint density at radius 1 is 1.33 bits per heavy atom. The lowest BCUT2D eigenvalue weighted by atomic mass is 9.93. The number of nitrogens with one attached hydrogen (secondary N) is 1. The van der Waals surface area contributed by atoms with Gasteiger partial charge in [-0.3, -0.25) is 10.1 Å². The van der Waals surface area contributed by atoms with Crippen molar-refractivity contribution in [2.24, 2.45) is 0 Å². The molecule has 2 aliphatic heterocycles. The fourth-order valence-corrected chi connectivity index (χ4v) is 3.22. The van der Waals surface area contributed by atoms with Crippen molar-refractivity contribution in [2.45, 2.75) is 38.3 Å². The van der Waals surface area contributed by atoms with E-state index in [2.05, 4.69) is 36.5 Å². The summed E-state index contributed by atoms with van der Waals surface area (Å²) in [5, 5.41) is 3.58. The number of hydrogen-bond acceptors (Lipinski definition) is 2. The largest absolute Gasteiger partial charge is 0.320 e. The molecule has 0 saturated carbocycles. The van der Waals surface area contributed by atoms with Crippen molar-refractivity contribution >= 4 is 5.91 Å². The van der Waals surface area contributed by atoms with Crippen molar-refractivity contribution in [1.29, 1.82) is 0 Å². The molecule has 2 saturated heterocycles. The molecule has 3 nitrogen and oxygen atoms in total. The van der Waals surface area contributed by atoms with Crippen LogP contribution in [0.1, 0.15) is 37.3 Å². The Morgan fingerprint density at radius 2 is 2.11 bits per heavy atom. The Bertz CT molecular complexity index is 454. The van der Waals surface area contributed by atoms with E-state index in [0.717, 1.165) is 32.4 Å². The number of hydrogen-bond donors (Lipinski definition) is 1. The number of nitrogens with zero attached hydrogens (tertiary/aromatic N) is 1. The average Bonchev–Trinajstić information content (AvgIpc) is 2.78. The number of aryl methyl sites for hydroxylation is 1. The zero-order valence-electron chi connectivity index (χ0n) is 10.9. The standard InChI is InChI=1S/C15H20N2O/c1-2-12-4-6-13(7-5-12)15-9-8-14(18)17(15)11-3-10-16-15/h4-7,16H,2-3,8-11H2,1H3. The summed E-state index contributed by atoms with van der Waals surface area (Å²) in [7, 11) is 0. The summed E-state index contributed by atoms with van der Waals surface area (Å²) in [4.78, 5) is 14.0. The van der Waals surface area contributed by atoms with Crippen LogP contribution in [0.15, 0.2) is 24.3 Å². The van der Waals surface area contributed by atoms with Crippen molar-refractivity contribution in [1.82, 2.24) is 10.2 Å². The van der Waals surface area contributed by atoms with Gasteiger partial charge in [-0.15, -0.1) is 0 Å². The molecule has 0 bridgehead atoms. The summed E-state index contributed by atoms with van der Waals surface area (Å²) < 4.78 is 0. The Morgan fingerprint density at radius 3 is 2.83 bits per heavy atom. The van der Waals surface area contributed by atoms with Crippen molar-refractivity contribution in [3.63, 3.8) is 0 Å². The normalized spacial score (nSPS) is 27.4. The predicted molar refractivity (Wildman–Crippen MR) is 71.1 cm³/mol. The first kappa shape index (κ1) is 11.7. The summed E-state index contributed by atoms with van der Waals surface area (Å²) in [6.07, 6.45) is 3.68. The van der Waals surface area contributed by atoms with Crippen LogP contribution in [0.2, 0.25) is 0 Å². The van der Waals surface area contributed by atoms with Crippen LogP contribution < -0.4 is 5.32 Å². The smallest absolute Gasteiger partial charge is 0.224 e. The highest BCUT2D eigenvalue weighted by atomic mass is 16.2. The van der Waals surface area contributed by atoms with E-state index >= 15 is 0 Å². The molecule has 2 fully saturated rings. The van der Waals surface area contributed by atoms with Gasteiger partial charge in [-0.25, -0.2) is 0 Å². The highest BCUT2D eigenvalue weighted by Crippen LogP contribution is 2.39. The maximum Gasteiger partial charge on any atom is 0.224 e. The quantitative estimate of drug-likeness (QED) is 0.863. The number of amides is 1. The number of benzene rings is 1. The lowest BCUT2D eigenvalue weighted by Gasteiger charge is -2.43. The summed E-state index contributed by atoms with van der Waals surface area (Å²) in [5.74, 6) is 0.293. The third-order valence-corrected chi connectivity index (χ3v) is 4.28. The highest BCUT2D eigenvalue weighted by Gasteiger charge is 2.47. The molecule has 0 aliphatic carbocycles. The topological polar surface area (TPSA) is 32.3 Å². The van der Waals surface area contributed by atoms with Crippen LogP contribution in [0.4, 0.5) is 0 Å². The SMILES string of the molecule is CCc1ccc(C23CCC(=O)N2CCCN3)cc1. The Kier molecular flexibility index (Phi) is 2.86. The van der Waals surface area contributed by atoms with Gasteiger partial charge in [0.25, 0.3) is 0 Å². The summed E-state index contributed by atoms with van der Waals surface area (Å²) in [6, 6.07) is 8.73. The molecule has 2 heterocycles. The number of rotatable bonds is 2. The van der Waals surface area contributed by atoms with Crippen LogP contribution >= 0.6 is 0 Å². The molecule has 1 unspecified atom stereocenters. The minimum atomic E-state index is -0.221. The van der Waals surface area contributed by atoms with Gasteiger partial charge in [-0.2, -0.15) is 0 Å². The summed E-state index contributed by atoms with van der Waals surface area (Å²) >= 11 is 0. The summed E-state index contributed by atoms with van der Waals surface area (Å²) in [5.41, 5.74) is 2.37. The van der Waals surface area contributed by atoms with E-state index in [9.17, 15) is 4.79 Å². The van der Waals surface area contributed by atoms with E-state index in [4.69, 9.17) is 0 Å². The minimum absolute atomic E-state index is 0.221. The highest BCUT2D eigenvalue weighted by molar-refractivity contribution is 5.80. The molecule has 0 radical (unpaired) electrons. The van der Waals surface area contributed by atoms with Gasteiger partial charge in [-0.05, 0) is 36.9 Å². The average molecular weight is 244 g/mol. The third-order valence-electron chi connectivity index (χ3n) is 4.28. The molecule has 1 N–H and O–H groups in total. The molecule has 0 spiro atoms. The zero-order chi connectivity index (χ0) is 12.6. The second kappa shape index (κ2) is 4.39. The van der Waals surface area contributed by atoms with Crippen molar-refractivity contribution in [3.8, 4) is 0 Å². The van der Waals surface area contributed by atoms with Gasteiger partial charge in [0.15, 0.2) is 0 Å². The number of fused-ring (bicyclic) bond motifs is 1. The van der Waals surface area contributed by atoms with Gasteiger partial charge in [0.1, 0.15) is 5.66 Å². The fraction of sp³-hybridized carbons (Fsp3) is 0.533. The molecule has 3 heteroatoms. The van der Waals surface area contributed by atoms with Crippen LogP contribution in [0.5, 0.6) is 0 Å². The second-order valence-corrected chi connectivity index (χ2v) is 5.24. The van der Waals surface area contributed by atoms with Crippen LogP contribution in [-0.2, 0) is 16.9 Å². The molecular weight excluding hydrogens is 224 g/mol. The first-order chi connectivity index (χ1) is 8.76. The van der Waals surface area contributed by atoms with E-state index in [1.807, 2.05) is 4.90 Å². The van der Waals surface area contributed by atoms with Crippen LogP contribution in [0.25, 0.3) is 0 Å². The third kappa shape index (κ3) is 1.65. The maximum absolute atomic E-state index is 12.0. The molecule has 96 valence electrons. The molecule has 0 aromatic heterocycles. The zero-order valence-corrected chi connectivity index (χ0v) is 10.9. The van der Waals surface area contributed by atoms with E-state index in [1.54, 1.807) is 0 Å². The molecule has 1 amide bonds. The maximum atomic E-state index is 12.0. The number of carbonyl (C=O) groups is 1. The van der Waals surface area contributed by atoms with Gasteiger partial charge in [0.05, 0.1) is 0 Å². The van der Waals surface area contributed by atoms with Crippen molar-refractivity contribution in [2.75, 3.05) is 13.1 Å². The van der Waals surface area contributed by atoms with Crippen LogP contribution in [0.3, 0.4) is 0 Å². The van der Waals surface area contributed by atoms with E-state index in [0.29, 0.717) is 12.3 Å². The lowest BCUT2D eigenvalue weighted by Crippen LogP contribution is -2.58. The number of carbonyl (C=O) groups excluding carboxylic acids is 1. The first-order valence-electron chi connectivity index (χ1n) is 6.91. The van der Waals surface area contributed by atoms with E-state index < -0.39 is 0 Å². The molecular formula is C15H20N2O. The van der Waals surface area contributed by atoms with Gasteiger partial charge < -0.3 is 4.90 Å². The van der Waals surface area contributed by atoms with E-state index in [1.165, 1.54) is 11.1 Å². The Hall–Kier alpha value is -1.35. The fourth-order valence-electron chi connectivity index (χ4n) is 3.22. The molecule has 1 aromatic rings. The molecule has 18 heavy (non-hydrogen) atoms. The Balaban J connectivity index is 1.98. The Labute approximate surface area is 108 Å². The molecule has 1 aromatic carbocycles. The van der Waals surface area contributed by atoms with Crippen LogP contribution in [-0.4, -0.2) is 23.9 Å². The van der Waals surface area contributed by atoms with E-state index in [-0.39, 0.29) is 5.66 Å². The lowest BCUT2D eigenvalue weighted by molar-refractivity contribution is -0.133. The van der Waals surface area contributed by atoms with Gasteiger partial charge >= 0.3 is 0 Å². The van der Waals surface area contributed by atoms with Gasteiger partial charge in [0.2, 0.25) is 5.91 Å². The first-order valence-corrected chi connectivity index (χ1v) is 6.91. The molecule has 1 atom stereocenters.